The van der Waals surface area contributed by atoms with E-state index >= 15 is 0 Å². The Balaban J connectivity index is 0.667. The molecule has 2 heteroatoms. The van der Waals surface area contributed by atoms with E-state index in [0.29, 0.717) is 0 Å². The van der Waals surface area contributed by atoms with E-state index in [-0.39, 0.29) is 16.2 Å². The highest BCUT2D eigenvalue weighted by molar-refractivity contribution is 5.94. The third kappa shape index (κ3) is 8.77. The second kappa shape index (κ2) is 19.7. The largest absolute Gasteiger partial charge is 0.310 e. The molecule has 0 aliphatic heterocycles. The first-order valence-electron chi connectivity index (χ1n) is 30.1. The zero-order valence-corrected chi connectivity index (χ0v) is 49.8. The average Bonchev–Trinajstić information content (AvgIpc) is 1.72. The summed E-state index contributed by atoms with van der Waals surface area (Å²) in [5.74, 6) is 0. The van der Waals surface area contributed by atoms with E-state index in [1.54, 1.807) is 0 Å². The molecule has 3 aliphatic carbocycles. The zero-order valence-electron chi connectivity index (χ0n) is 49.8. The average molecular weight is 1090 g/mol. The van der Waals surface area contributed by atoms with Gasteiger partial charge in [0.15, 0.2) is 0 Å². The summed E-state index contributed by atoms with van der Waals surface area (Å²) in [6.45, 7) is 18.7. The van der Waals surface area contributed by atoms with Crippen molar-refractivity contribution < 1.29 is 0 Å². The van der Waals surface area contributed by atoms with Gasteiger partial charge in [-0.05, 0) is 208 Å². The first kappa shape index (κ1) is 52.1. The Bertz CT molecular complexity index is 4490. The van der Waals surface area contributed by atoms with Crippen molar-refractivity contribution in [2.45, 2.75) is 71.6 Å². The highest BCUT2D eigenvalue weighted by Gasteiger charge is 2.39. The van der Waals surface area contributed by atoms with Crippen molar-refractivity contribution in [2.75, 3.05) is 9.80 Å². The lowest BCUT2D eigenvalue weighted by Gasteiger charge is -2.28. The monoisotopic (exact) mass is 1090 g/mol. The van der Waals surface area contributed by atoms with Crippen LogP contribution in [0.1, 0.15) is 108 Å². The van der Waals surface area contributed by atoms with Crippen LogP contribution in [0.4, 0.5) is 34.1 Å². The molecular formula is C83H68N2. The van der Waals surface area contributed by atoms with Crippen LogP contribution < -0.4 is 9.80 Å². The van der Waals surface area contributed by atoms with Gasteiger partial charge in [-0.25, -0.2) is 0 Å². The summed E-state index contributed by atoms with van der Waals surface area (Å²) in [6, 6.07) is 90.9. The van der Waals surface area contributed by atoms with Crippen molar-refractivity contribution in [1.82, 2.24) is 0 Å². The van der Waals surface area contributed by atoms with Crippen LogP contribution in [0.3, 0.4) is 0 Å². The Morgan fingerprint density at radius 3 is 0.835 bits per heavy atom. The lowest BCUT2D eigenvalue weighted by Crippen LogP contribution is -2.16. The number of rotatable bonds is 10. The van der Waals surface area contributed by atoms with Crippen LogP contribution in [0.5, 0.6) is 0 Å². The van der Waals surface area contributed by atoms with Crippen LogP contribution in [0.25, 0.3) is 79.2 Å². The van der Waals surface area contributed by atoms with Gasteiger partial charge >= 0.3 is 0 Å². The molecule has 0 fully saturated rings. The van der Waals surface area contributed by atoms with E-state index in [1.165, 1.54) is 122 Å². The Morgan fingerprint density at radius 2 is 0.506 bits per heavy atom. The molecule has 0 N–H and O–H groups in total. The standard InChI is InChI=1S/C83H68N2/c1-53-15-13-21-63(43-53)84(65-33-31-59-17-9-11-19-61(59)49-65)67-35-41-73-71-39-29-57(47-77(71)82(5,6)79(73)51-67)25-23-55-27-37-69-70-38-28-56(46-76(70)81(3,4)75(69)45-55)24-26-58-30-40-72-74-42-36-68(52-80(74)83(7,8)78(72)48-58)85(64-22-14-16-54(2)44-64)66-34-32-60-18-10-12-20-62(60)50-66/h9-52H,1-8H3. The molecule has 0 amide bonds. The van der Waals surface area contributed by atoms with E-state index in [9.17, 15) is 0 Å². The Morgan fingerprint density at radius 1 is 0.235 bits per heavy atom. The van der Waals surface area contributed by atoms with Crippen LogP contribution in [0.15, 0.2) is 243 Å². The maximum Gasteiger partial charge on any atom is 0.0468 e. The molecule has 3 aliphatic rings. The number of fused-ring (bicyclic) bond motifs is 11. The highest BCUT2D eigenvalue weighted by atomic mass is 15.1. The van der Waals surface area contributed by atoms with Crippen LogP contribution in [-0.2, 0) is 16.2 Å². The number of nitrogens with zero attached hydrogens (tertiary/aromatic N) is 2. The molecule has 0 unspecified atom stereocenters. The molecule has 0 heterocycles. The summed E-state index contributed by atoms with van der Waals surface area (Å²) in [7, 11) is 0. The molecule has 0 bridgehead atoms. The highest BCUT2D eigenvalue weighted by Crippen LogP contribution is 2.54. The summed E-state index contributed by atoms with van der Waals surface area (Å²) >= 11 is 0. The molecule has 410 valence electrons. The van der Waals surface area contributed by atoms with E-state index in [0.717, 1.165) is 34.1 Å². The van der Waals surface area contributed by atoms with E-state index in [2.05, 4.69) is 332 Å². The molecule has 15 rings (SSSR count). The number of hydrogen-bond acceptors (Lipinski definition) is 2. The summed E-state index contributed by atoms with van der Waals surface area (Å²) in [5, 5.41) is 4.96. The van der Waals surface area contributed by atoms with Crippen molar-refractivity contribution in [3.8, 4) is 33.4 Å². The second-order valence-electron chi connectivity index (χ2n) is 25.6. The molecule has 0 radical (unpaired) electrons. The predicted molar refractivity (Wildman–Crippen MR) is 364 cm³/mol. The number of hydrogen-bond donors (Lipinski definition) is 0. The van der Waals surface area contributed by atoms with Crippen LogP contribution in [0, 0.1) is 13.8 Å². The van der Waals surface area contributed by atoms with Crippen molar-refractivity contribution in [3.63, 3.8) is 0 Å². The van der Waals surface area contributed by atoms with Crippen LogP contribution >= 0.6 is 0 Å². The first-order chi connectivity index (χ1) is 41.1. The fourth-order valence-electron chi connectivity index (χ4n) is 14.4. The lowest BCUT2D eigenvalue weighted by atomic mass is 9.81. The molecule has 0 saturated heterocycles. The fourth-order valence-corrected chi connectivity index (χ4v) is 14.4. The van der Waals surface area contributed by atoms with Crippen molar-refractivity contribution in [1.29, 1.82) is 0 Å². The maximum absolute atomic E-state index is 2.43. The molecule has 12 aromatic rings. The number of aryl methyl sites for hydroxylation is 2. The fraction of sp³-hybridized carbons (Fsp3) is 0.133. The molecular weight excluding hydrogens is 1020 g/mol. The summed E-state index contributed by atoms with van der Waals surface area (Å²) in [4.78, 5) is 4.83. The summed E-state index contributed by atoms with van der Waals surface area (Å²) in [5.41, 5.74) is 29.8. The minimum Gasteiger partial charge on any atom is -0.310 e. The van der Waals surface area contributed by atoms with Gasteiger partial charge < -0.3 is 9.80 Å². The first-order valence-corrected chi connectivity index (χ1v) is 30.1. The third-order valence-corrected chi connectivity index (χ3v) is 19.0. The van der Waals surface area contributed by atoms with E-state index in [4.69, 9.17) is 0 Å². The van der Waals surface area contributed by atoms with Crippen molar-refractivity contribution in [3.05, 3.63) is 309 Å². The van der Waals surface area contributed by atoms with Gasteiger partial charge in [0.05, 0.1) is 0 Å². The topological polar surface area (TPSA) is 6.48 Å². The normalized spacial score (nSPS) is 14.5. The number of anilines is 6. The van der Waals surface area contributed by atoms with Crippen molar-refractivity contribution >= 4 is 80.0 Å². The predicted octanol–water partition coefficient (Wildman–Crippen LogP) is 22.8. The SMILES string of the molecule is Cc1cccc(N(c2ccc3c(c2)C(C)(C)c2cc(C=Cc4ccc5c(c4)C(C)(C)c4cc(C=Cc6ccc7c(c6)C(C)(C)c6cc(N(c8cccc(C)c8)c8ccc9ccccc9c8)ccc6-7)ccc4-5)ccc2-3)c2ccc3ccccc3c2)c1. The van der Waals surface area contributed by atoms with Gasteiger partial charge in [0.25, 0.3) is 0 Å². The third-order valence-electron chi connectivity index (χ3n) is 19.0. The van der Waals surface area contributed by atoms with Gasteiger partial charge in [-0.15, -0.1) is 0 Å². The smallest absolute Gasteiger partial charge is 0.0468 e. The minimum atomic E-state index is -0.189. The maximum atomic E-state index is 2.43. The van der Waals surface area contributed by atoms with E-state index in [1.807, 2.05) is 0 Å². The van der Waals surface area contributed by atoms with Crippen LogP contribution in [-0.4, -0.2) is 0 Å². The molecule has 0 saturated carbocycles. The lowest BCUT2D eigenvalue weighted by molar-refractivity contribution is 0.660. The van der Waals surface area contributed by atoms with Gasteiger partial charge in [-0.3, -0.25) is 0 Å². The molecule has 0 atom stereocenters. The molecule has 12 aromatic carbocycles. The minimum absolute atomic E-state index is 0.157. The Kier molecular flexibility index (Phi) is 12.1. The van der Waals surface area contributed by atoms with Gasteiger partial charge in [0.1, 0.15) is 0 Å². The number of benzene rings is 12. The Labute approximate surface area is 501 Å². The molecule has 85 heavy (non-hydrogen) atoms. The van der Waals surface area contributed by atoms with Gasteiger partial charge in [-0.1, -0.05) is 236 Å². The van der Waals surface area contributed by atoms with Crippen molar-refractivity contribution in [2.24, 2.45) is 0 Å². The van der Waals surface area contributed by atoms with Crippen LogP contribution in [0.2, 0.25) is 0 Å². The second-order valence-corrected chi connectivity index (χ2v) is 25.6. The van der Waals surface area contributed by atoms with Gasteiger partial charge in [0.2, 0.25) is 0 Å². The molecule has 0 spiro atoms. The van der Waals surface area contributed by atoms with Gasteiger partial charge in [-0.2, -0.15) is 0 Å². The van der Waals surface area contributed by atoms with E-state index < -0.39 is 0 Å². The molecule has 0 aromatic heterocycles. The van der Waals surface area contributed by atoms with Gasteiger partial charge in [0, 0.05) is 50.4 Å². The summed E-state index contributed by atoms with van der Waals surface area (Å²) in [6.07, 6.45) is 9.20. The Hall–Kier alpha value is -9.76. The molecule has 2 nitrogen and oxygen atoms in total. The quantitative estimate of drug-likeness (QED) is 0.126. The zero-order chi connectivity index (χ0) is 57.9. The summed E-state index contributed by atoms with van der Waals surface area (Å²) < 4.78 is 0.